The molecule has 0 bridgehead atoms. The van der Waals surface area contributed by atoms with Gasteiger partial charge in [0.15, 0.2) is 5.82 Å². The van der Waals surface area contributed by atoms with Crippen LogP contribution in [-0.2, 0) is 6.42 Å². The highest BCUT2D eigenvalue weighted by Crippen LogP contribution is 2.43. The Kier molecular flexibility index (Phi) is 4.46. The van der Waals surface area contributed by atoms with Crippen LogP contribution in [0.15, 0.2) is 35.3 Å². The van der Waals surface area contributed by atoms with E-state index in [9.17, 15) is 14.0 Å². The van der Waals surface area contributed by atoms with Crippen molar-refractivity contribution in [1.29, 1.82) is 0 Å². The number of nitrogens with zero attached hydrogens (tertiary/aromatic N) is 1. The van der Waals surface area contributed by atoms with Crippen LogP contribution in [0.3, 0.4) is 0 Å². The zero-order valence-electron chi connectivity index (χ0n) is 13.6. The number of carbonyl (C=O) groups is 1. The maximum Gasteiger partial charge on any atom is 0.287 e. The van der Waals surface area contributed by atoms with Gasteiger partial charge >= 0.3 is 0 Å². The number of halogens is 1. The topological polar surface area (TPSA) is 74.8 Å². The molecule has 0 unspecified atom stereocenters. The van der Waals surface area contributed by atoms with Crippen molar-refractivity contribution in [3.63, 3.8) is 0 Å². The zero-order chi connectivity index (χ0) is 17.2. The maximum atomic E-state index is 13.3. The second-order valence-electron chi connectivity index (χ2n) is 6.57. The molecule has 5 nitrogen and oxygen atoms in total. The lowest BCUT2D eigenvalue weighted by Gasteiger charge is -2.42. The first-order valence-electron chi connectivity index (χ1n) is 8.06. The van der Waals surface area contributed by atoms with Crippen molar-refractivity contribution in [2.24, 2.45) is 5.41 Å². The van der Waals surface area contributed by atoms with Crippen LogP contribution in [0.4, 0.5) is 4.39 Å². The van der Waals surface area contributed by atoms with E-state index in [4.69, 9.17) is 0 Å². The minimum absolute atomic E-state index is 0.00662. The molecule has 0 radical (unpaired) electrons. The van der Waals surface area contributed by atoms with Crippen molar-refractivity contribution in [3.05, 3.63) is 63.6 Å². The molecule has 0 spiro atoms. The van der Waals surface area contributed by atoms with Gasteiger partial charge < -0.3 is 10.3 Å². The summed E-state index contributed by atoms with van der Waals surface area (Å²) in [5, 5.41) is 2.87. The number of aromatic nitrogens is 2. The molecule has 1 heterocycles. The summed E-state index contributed by atoms with van der Waals surface area (Å²) in [4.78, 5) is 29.7. The van der Waals surface area contributed by atoms with Gasteiger partial charge in [0.2, 0.25) is 0 Å². The molecule has 2 aromatic rings. The summed E-state index contributed by atoms with van der Waals surface area (Å²) >= 11 is 0. The SMILES string of the molecule is Cc1cc(F)ccc1CC1(CNC(=O)c2nccc(=O)[nH]2)CCC1. The number of aryl methyl sites for hydroxylation is 1. The van der Waals surface area contributed by atoms with E-state index in [-0.39, 0.29) is 28.5 Å². The van der Waals surface area contributed by atoms with Crippen LogP contribution in [0.5, 0.6) is 0 Å². The van der Waals surface area contributed by atoms with E-state index >= 15 is 0 Å². The second kappa shape index (κ2) is 6.55. The molecule has 126 valence electrons. The first kappa shape index (κ1) is 16.4. The third kappa shape index (κ3) is 3.53. The Morgan fingerprint density at radius 1 is 1.38 bits per heavy atom. The lowest BCUT2D eigenvalue weighted by Crippen LogP contribution is -2.44. The molecule has 1 aliphatic carbocycles. The summed E-state index contributed by atoms with van der Waals surface area (Å²) in [6.07, 6.45) is 5.27. The molecule has 1 saturated carbocycles. The Bertz CT molecular complexity index is 812. The number of nitrogens with one attached hydrogen (secondary N) is 2. The van der Waals surface area contributed by atoms with E-state index in [1.54, 1.807) is 6.07 Å². The molecule has 1 aromatic carbocycles. The van der Waals surface area contributed by atoms with E-state index in [0.29, 0.717) is 6.54 Å². The highest BCUT2D eigenvalue weighted by molar-refractivity contribution is 5.90. The Labute approximate surface area is 139 Å². The smallest absolute Gasteiger partial charge is 0.287 e. The largest absolute Gasteiger partial charge is 0.349 e. The first-order valence-corrected chi connectivity index (χ1v) is 8.06. The molecule has 0 saturated heterocycles. The van der Waals surface area contributed by atoms with Crippen LogP contribution in [-0.4, -0.2) is 22.4 Å². The van der Waals surface area contributed by atoms with E-state index in [1.165, 1.54) is 18.3 Å². The van der Waals surface area contributed by atoms with Gasteiger partial charge in [-0.3, -0.25) is 9.59 Å². The van der Waals surface area contributed by atoms with Crippen molar-refractivity contribution >= 4 is 5.91 Å². The Balaban J connectivity index is 1.67. The van der Waals surface area contributed by atoms with Gasteiger partial charge in [-0.15, -0.1) is 0 Å². The summed E-state index contributed by atoms with van der Waals surface area (Å²) in [5.41, 5.74) is 1.68. The molecule has 1 aromatic heterocycles. The lowest BCUT2D eigenvalue weighted by molar-refractivity contribution is 0.0849. The van der Waals surface area contributed by atoms with Crippen LogP contribution >= 0.6 is 0 Å². The summed E-state index contributed by atoms with van der Waals surface area (Å²) in [6, 6.07) is 6.11. The van der Waals surface area contributed by atoms with Gasteiger partial charge in [-0.2, -0.15) is 0 Å². The Morgan fingerprint density at radius 3 is 2.79 bits per heavy atom. The standard InChI is InChI=1S/C18H20FN3O2/c1-12-9-14(19)4-3-13(12)10-18(6-2-7-18)11-21-17(24)16-20-8-5-15(23)22-16/h3-5,8-9H,2,6-7,10-11H2,1H3,(H,21,24)(H,20,22,23). The van der Waals surface area contributed by atoms with E-state index < -0.39 is 0 Å². The van der Waals surface area contributed by atoms with Crippen LogP contribution in [0.1, 0.15) is 41.0 Å². The number of hydrogen-bond donors (Lipinski definition) is 2. The summed E-state index contributed by atoms with van der Waals surface area (Å²) in [7, 11) is 0. The van der Waals surface area contributed by atoms with Gasteiger partial charge in [0, 0.05) is 18.8 Å². The summed E-state index contributed by atoms with van der Waals surface area (Å²) in [6.45, 7) is 2.42. The summed E-state index contributed by atoms with van der Waals surface area (Å²) < 4.78 is 13.3. The van der Waals surface area contributed by atoms with Crippen molar-refractivity contribution in [2.45, 2.75) is 32.6 Å². The molecule has 1 amide bonds. The quantitative estimate of drug-likeness (QED) is 0.884. The van der Waals surface area contributed by atoms with Gasteiger partial charge in [0.25, 0.3) is 11.5 Å². The molecule has 6 heteroatoms. The number of carbonyl (C=O) groups excluding carboxylic acids is 1. The number of H-pyrrole nitrogens is 1. The third-order valence-electron chi connectivity index (χ3n) is 4.79. The first-order chi connectivity index (χ1) is 11.5. The normalized spacial score (nSPS) is 15.6. The van der Waals surface area contributed by atoms with Gasteiger partial charge in [-0.05, 0) is 54.9 Å². The van der Waals surface area contributed by atoms with Crippen LogP contribution < -0.4 is 10.9 Å². The Morgan fingerprint density at radius 2 is 2.17 bits per heavy atom. The van der Waals surface area contributed by atoms with E-state index in [1.807, 2.05) is 13.0 Å². The number of amides is 1. The minimum atomic E-state index is -0.380. The second-order valence-corrected chi connectivity index (χ2v) is 6.57. The molecular formula is C18H20FN3O2. The number of benzene rings is 1. The summed E-state index contributed by atoms with van der Waals surface area (Å²) in [5.74, 6) is -0.587. The number of hydrogen-bond acceptors (Lipinski definition) is 3. The lowest BCUT2D eigenvalue weighted by atomic mass is 9.65. The highest BCUT2D eigenvalue weighted by atomic mass is 19.1. The van der Waals surface area contributed by atoms with Gasteiger partial charge in [-0.1, -0.05) is 12.5 Å². The zero-order valence-corrected chi connectivity index (χ0v) is 13.6. The van der Waals surface area contributed by atoms with Crippen molar-refractivity contribution in [2.75, 3.05) is 6.54 Å². The maximum absolute atomic E-state index is 13.3. The van der Waals surface area contributed by atoms with Crippen LogP contribution in [0.2, 0.25) is 0 Å². The fourth-order valence-electron chi connectivity index (χ4n) is 3.19. The molecule has 1 aliphatic rings. The van der Waals surface area contributed by atoms with Gasteiger partial charge in [0.05, 0.1) is 0 Å². The predicted molar refractivity (Wildman–Crippen MR) is 88.3 cm³/mol. The van der Waals surface area contributed by atoms with Crippen LogP contribution in [0.25, 0.3) is 0 Å². The molecular weight excluding hydrogens is 309 g/mol. The molecule has 1 fully saturated rings. The number of rotatable bonds is 5. The average Bonchev–Trinajstić information content (AvgIpc) is 2.51. The van der Waals surface area contributed by atoms with Crippen LogP contribution in [0, 0.1) is 18.2 Å². The fraction of sp³-hybridized carbons (Fsp3) is 0.389. The average molecular weight is 329 g/mol. The molecule has 2 N–H and O–H groups in total. The fourth-order valence-corrected chi connectivity index (χ4v) is 3.19. The van der Waals surface area contributed by atoms with E-state index in [2.05, 4.69) is 15.3 Å². The molecule has 0 atom stereocenters. The van der Waals surface area contributed by atoms with Crippen molar-refractivity contribution in [3.8, 4) is 0 Å². The van der Waals surface area contributed by atoms with E-state index in [0.717, 1.165) is 36.8 Å². The monoisotopic (exact) mass is 329 g/mol. The minimum Gasteiger partial charge on any atom is -0.349 e. The molecule has 3 rings (SSSR count). The highest BCUT2D eigenvalue weighted by Gasteiger charge is 2.37. The Hall–Kier alpha value is -2.50. The van der Waals surface area contributed by atoms with Gasteiger partial charge in [-0.25, -0.2) is 9.37 Å². The van der Waals surface area contributed by atoms with Gasteiger partial charge in [0.1, 0.15) is 5.82 Å². The molecule has 0 aliphatic heterocycles. The number of aromatic amines is 1. The van der Waals surface area contributed by atoms with Crippen molar-refractivity contribution < 1.29 is 9.18 Å². The molecule has 24 heavy (non-hydrogen) atoms. The predicted octanol–water partition coefficient (Wildman–Crippen LogP) is 2.36. The van der Waals surface area contributed by atoms with Crippen molar-refractivity contribution in [1.82, 2.24) is 15.3 Å². The third-order valence-corrected chi connectivity index (χ3v) is 4.79.